The minimum atomic E-state index is -0.966. The van der Waals surface area contributed by atoms with Crippen LogP contribution in [0.15, 0.2) is 10.9 Å². The summed E-state index contributed by atoms with van der Waals surface area (Å²) >= 11 is 1.28. The third kappa shape index (κ3) is 5.21. The molecule has 1 aromatic heterocycles. The summed E-state index contributed by atoms with van der Waals surface area (Å²) in [6.07, 6.45) is -1.90. The second kappa shape index (κ2) is 8.18. The number of carboxylic acids is 1. The quantitative estimate of drug-likeness (QED) is 0.715. The smallest absolute Gasteiger partial charge is 0.355 e. The van der Waals surface area contributed by atoms with E-state index in [-0.39, 0.29) is 18.4 Å². The first kappa shape index (κ1) is 16.0. The van der Waals surface area contributed by atoms with E-state index in [2.05, 4.69) is 4.98 Å². The van der Waals surface area contributed by atoms with Gasteiger partial charge in [-0.2, -0.15) is 0 Å². The van der Waals surface area contributed by atoms with E-state index >= 15 is 0 Å². The van der Waals surface area contributed by atoms with Crippen LogP contribution in [0.3, 0.4) is 0 Å². The van der Waals surface area contributed by atoms with Crippen molar-refractivity contribution in [1.82, 2.24) is 4.98 Å². The van der Waals surface area contributed by atoms with Crippen LogP contribution in [0.2, 0.25) is 0 Å². The molecule has 8 heteroatoms. The Bertz CT molecular complexity index is 371. The topological polar surface area (TPSA) is 109 Å². The molecule has 1 aromatic rings. The lowest BCUT2D eigenvalue weighted by molar-refractivity contribution is -0.0274. The maximum Gasteiger partial charge on any atom is 0.355 e. The molecule has 108 valence electrons. The predicted octanol–water partition coefficient (Wildman–Crippen LogP) is -0.0152. The number of aromatic nitrogens is 1. The summed E-state index contributed by atoms with van der Waals surface area (Å²) in [6, 6.07) is 0. The average Bonchev–Trinajstić information content (AvgIpc) is 3.01. The van der Waals surface area contributed by atoms with Crippen LogP contribution in [0.5, 0.6) is 0 Å². The lowest BCUT2D eigenvalue weighted by Gasteiger charge is -2.13. The van der Waals surface area contributed by atoms with Crippen molar-refractivity contribution in [3.8, 4) is 0 Å². The van der Waals surface area contributed by atoms with Crippen molar-refractivity contribution in [1.29, 1.82) is 0 Å². The fraction of sp³-hybridized carbons (Fsp3) is 0.636. The van der Waals surface area contributed by atoms with E-state index in [0.717, 1.165) is 0 Å². The van der Waals surface area contributed by atoms with E-state index < -0.39 is 18.2 Å². The summed E-state index contributed by atoms with van der Waals surface area (Å²) in [4.78, 5) is 13.5. The van der Waals surface area contributed by atoms with Gasteiger partial charge in [-0.25, -0.2) is 9.78 Å². The van der Waals surface area contributed by atoms with Crippen molar-refractivity contribution in [2.75, 3.05) is 19.8 Å². The number of aliphatic hydroxyl groups is 2. The number of aromatic carboxylic acids is 1. The highest BCUT2D eigenvalue weighted by molar-refractivity contribution is 7.07. The van der Waals surface area contributed by atoms with Crippen molar-refractivity contribution in [2.45, 2.75) is 25.2 Å². The zero-order valence-electron chi connectivity index (χ0n) is 10.4. The molecule has 3 atom stereocenters. The van der Waals surface area contributed by atoms with Crippen LogP contribution in [0.25, 0.3) is 0 Å². The molecule has 3 N–H and O–H groups in total. The maximum atomic E-state index is 10.0. The number of carbonyl (C=O) groups is 1. The molecule has 1 fully saturated rings. The fourth-order valence-corrected chi connectivity index (χ4v) is 1.89. The van der Waals surface area contributed by atoms with Crippen molar-refractivity contribution < 1.29 is 29.6 Å². The number of nitrogens with zero attached hydrogens (tertiary/aromatic N) is 1. The van der Waals surface area contributed by atoms with Crippen LogP contribution in [-0.4, -0.2) is 64.4 Å². The molecular weight excluding hydrogens is 274 g/mol. The predicted molar refractivity (Wildman–Crippen MR) is 67.3 cm³/mol. The van der Waals surface area contributed by atoms with Crippen LogP contribution in [0.4, 0.5) is 0 Å². The first-order valence-corrected chi connectivity index (χ1v) is 6.67. The molecule has 0 amide bonds. The Kier molecular flexibility index (Phi) is 6.89. The third-order valence-corrected chi connectivity index (χ3v) is 2.98. The van der Waals surface area contributed by atoms with Gasteiger partial charge in [0.15, 0.2) is 5.69 Å². The highest BCUT2D eigenvalue weighted by atomic mass is 32.1. The van der Waals surface area contributed by atoms with E-state index in [1.54, 1.807) is 0 Å². The molecule has 0 unspecified atom stereocenters. The molecule has 2 rings (SSSR count). The molecule has 2 heterocycles. The summed E-state index contributed by atoms with van der Waals surface area (Å²) in [7, 11) is 0. The van der Waals surface area contributed by atoms with Gasteiger partial charge in [0.2, 0.25) is 0 Å². The van der Waals surface area contributed by atoms with Gasteiger partial charge in [-0.1, -0.05) is 0 Å². The van der Waals surface area contributed by atoms with Crippen LogP contribution in [-0.2, 0) is 9.47 Å². The van der Waals surface area contributed by atoms with Gasteiger partial charge in [0.25, 0.3) is 0 Å². The highest BCUT2D eigenvalue weighted by Crippen LogP contribution is 2.14. The van der Waals surface area contributed by atoms with Gasteiger partial charge in [-0.3, -0.25) is 0 Å². The van der Waals surface area contributed by atoms with Gasteiger partial charge in [0, 0.05) is 12.0 Å². The van der Waals surface area contributed by atoms with Crippen molar-refractivity contribution in [2.24, 2.45) is 0 Å². The summed E-state index contributed by atoms with van der Waals surface area (Å²) in [5.41, 5.74) is 1.61. The zero-order chi connectivity index (χ0) is 14.3. The molecule has 0 bridgehead atoms. The minimum Gasteiger partial charge on any atom is -0.476 e. The number of ether oxygens (including phenoxy) is 2. The molecule has 1 aliphatic rings. The van der Waals surface area contributed by atoms with Crippen LogP contribution in [0, 0.1) is 0 Å². The van der Waals surface area contributed by atoms with Crippen LogP contribution >= 0.6 is 11.3 Å². The summed E-state index contributed by atoms with van der Waals surface area (Å²) in [5, 5.41) is 28.0. The Morgan fingerprint density at radius 3 is 2.74 bits per heavy atom. The third-order valence-electron chi connectivity index (χ3n) is 2.39. The van der Waals surface area contributed by atoms with E-state index in [0.29, 0.717) is 13.2 Å². The highest BCUT2D eigenvalue weighted by Gasteiger charge is 2.34. The summed E-state index contributed by atoms with van der Waals surface area (Å²) < 4.78 is 10.1. The molecule has 7 nitrogen and oxygen atoms in total. The normalized spacial score (nSPS) is 25.7. The molecule has 0 spiro atoms. The van der Waals surface area contributed by atoms with Gasteiger partial charge in [0.05, 0.1) is 18.7 Å². The Balaban J connectivity index is 0.000000200. The van der Waals surface area contributed by atoms with E-state index in [1.165, 1.54) is 22.2 Å². The lowest BCUT2D eigenvalue weighted by atomic mass is 10.2. The monoisotopic (exact) mass is 291 g/mol. The van der Waals surface area contributed by atoms with Crippen molar-refractivity contribution >= 4 is 17.3 Å². The number of hydrogen-bond donors (Lipinski definition) is 3. The Hall–Kier alpha value is -1.06. The molecular formula is C11H17NO6S. The average molecular weight is 291 g/mol. The first-order chi connectivity index (χ1) is 9.06. The number of carboxylic acid groups (broad SMARTS) is 1. The summed E-state index contributed by atoms with van der Waals surface area (Å²) in [6.45, 7) is 3.04. The van der Waals surface area contributed by atoms with Gasteiger partial charge < -0.3 is 24.8 Å². The number of thiazole rings is 1. The second-order valence-electron chi connectivity index (χ2n) is 3.77. The van der Waals surface area contributed by atoms with Crippen LogP contribution < -0.4 is 0 Å². The Morgan fingerprint density at radius 1 is 1.63 bits per heavy atom. The molecule has 1 aliphatic heterocycles. The Labute approximate surface area is 114 Å². The minimum absolute atomic E-state index is 0.120. The zero-order valence-corrected chi connectivity index (χ0v) is 11.2. The lowest BCUT2D eigenvalue weighted by Crippen LogP contribution is -2.32. The maximum absolute atomic E-state index is 10.0. The van der Waals surface area contributed by atoms with Crippen molar-refractivity contribution in [3.63, 3.8) is 0 Å². The molecule has 0 aromatic carbocycles. The van der Waals surface area contributed by atoms with Gasteiger partial charge in [-0.15, -0.1) is 11.3 Å². The van der Waals surface area contributed by atoms with E-state index in [1.807, 2.05) is 6.92 Å². The Morgan fingerprint density at radius 2 is 2.37 bits per heavy atom. The SMILES string of the molecule is CCOC[C@H]1OC[C@H](O)[C@@H]1O.O=C(O)c1cscn1. The molecule has 1 saturated heterocycles. The number of rotatable bonds is 4. The molecule has 0 radical (unpaired) electrons. The largest absolute Gasteiger partial charge is 0.476 e. The number of aliphatic hydroxyl groups excluding tert-OH is 2. The van der Waals surface area contributed by atoms with Gasteiger partial charge >= 0.3 is 5.97 Å². The van der Waals surface area contributed by atoms with Crippen molar-refractivity contribution in [3.05, 3.63) is 16.6 Å². The van der Waals surface area contributed by atoms with Gasteiger partial charge in [-0.05, 0) is 6.92 Å². The second-order valence-corrected chi connectivity index (χ2v) is 4.49. The van der Waals surface area contributed by atoms with E-state index in [9.17, 15) is 9.90 Å². The first-order valence-electron chi connectivity index (χ1n) is 5.73. The number of hydrogen-bond acceptors (Lipinski definition) is 7. The van der Waals surface area contributed by atoms with Gasteiger partial charge in [0.1, 0.15) is 18.3 Å². The standard InChI is InChI=1S/C7H14O4.C4H3NO2S/c1-2-10-4-6-7(9)5(8)3-11-6;6-4(7)3-1-8-2-5-3/h5-9H,2-4H2,1H3;1-2H,(H,6,7)/t5-,6+,7-;/m0./s1. The molecule has 0 aliphatic carbocycles. The van der Waals surface area contributed by atoms with E-state index in [4.69, 9.17) is 19.7 Å². The molecule has 0 saturated carbocycles. The molecule has 19 heavy (non-hydrogen) atoms. The fourth-order valence-electron chi connectivity index (χ4n) is 1.37. The van der Waals surface area contributed by atoms with Crippen LogP contribution in [0.1, 0.15) is 17.4 Å². The summed E-state index contributed by atoms with van der Waals surface area (Å²) in [5.74, 6) is -0.966.